The van der Waals surface area contributed by atoms with E-state index in [4.69, 9.17) is 9.57 Å². The first-order chi connectivity index (χ1) is 11.5. The first-order valence-electron chi connectivity index (χ1n) is 7.05. The van der Waals surface area contributed by atoms with Crippen molar-refractivity contribution in [3.63, 3.8) is 0 Å². The van der Waals surface area contributed by atoms with Gasteiger partial charge >= 0.3 is 5.97 Å². The summed E-state index contributed by atoms with van der Waals surface area (Å²) in [7, 11) is 0. The molecule has 0 saturated carbocycles. The first-order valence-corrected chi connectivity index (χ1v) is 7.05. The lowest BCUT2D eigenvalue weighted by atomic mass is 10.1. The van der Waals surface area contributed by atoms with Crippen molar-refractivity contribution < 1.29 is 28.3 Å². The normalized spacial score (nSPS) is 13.0. The quantitative estimate of drug-likeness (QED) is 0.805. The summed E-state index contributed by atoms with van der Waals surface area (Å²) in [5.41, 5.74) is 1.06. The third-order valence-corrected chi connectivity index (χ3v) is 3.38. The highest BCUT2D eigenvalue weighted by molar-refractivity contribution is 6.20. The lowest BCUT2D eigenvalue weighted by Crippen LogP contribution is -2.34. The highest BCUT2D eigenvalue weighted by Gasteiger charge is 2.38. The molecule has 0 spiro atoms. The SMILES string of the molecule is Cc1ccc(F)c(OCC(=O)ON2C(=O)c3ccccc3C2=O)c1. The predicted octanol–water partition coefficient (Wildman–Crippen LogP) is 2.27. The molecule has 0 bridgehead atoms. The van der Waals surface area contributed by atoms with E-state index < -0.39 is 30.2 Å². The van der Waals surface area contributed by atoms with Crippen LogP contribution in [0.4, 0.5) is 4.39 Å². The molecule has 24 heavy (non-hydrogen) atoms. The molecule has 0 N–H and O–H groups in total. The third-order valence-electron chi connectivity index (χ3n) is 3.38. The van der Waals surface area contributed by atoms with E-state index >= 15 is 0 Å². The molecule has 122 valence electrons. The van der Waals surface area contributed by atoms with Crippen molar-refractivity contribution in [1.82, 2.24) is 5.06 Å². The average Bonchev–Trinajstić information content (AvgIpc) is 2.81. The van der Waals surface area contributed by atoms with Crippen LogP contribution in [-0.2, 0) is 9.63 Å². The summed E-state index contributed by atoms with van der Waals surface area (Å²) >= 11 is 0. The molecule has 1 aliphatic rings. The second-order valence-electron chi connectivity index (χ2n) is 5.14. The smallest absolute Gasteiger partial charge is 0.370 e. The van der Waals surface area contributed by atoms with Crippen molar-refractivity contribution in [3.8, 4) is 5.75 Å². The number of carbonyl (C=O) groups excluding carboxylic acids is 3. The zero-order chi connectivity index (χ0) is 17.3. The minimum absolute atomic E-state index is 0.116. The van der Waals surface area contributed by atoms with Gasteiger partial charge in [-0.1, -0.05) is 23.3 Å². The van der Waals surface area contributed by atoms with E-state index in [9.17, 15) is 18.8 Å². The molecule has 2 aromatic rings. The summed E-state index contributed by atoms with van der Waals surface area (Å²) in [5, 5.41) is 0.378. The van der Waals surface area contributed by atoms with E-state index in [2.05, 4.69) is 0 Å². The van der Waals surface area contributed by atoms with Gasteiger partial charge in [-0.3, -0.25) is 9.59 Å². The number of benzene rings is 2. The summed E-state index contributed by atoms with van der Waals surface area (Å²) in [5.74, 6) is -3.20. The largest absolute Gasteiger partial charge is 0.479 e. The Hall–Kier alpha value is -3.22. The molecule has 0 aromatic heterocycles. The highest BCUT2D eigenvalue weighted by Crippen LogP contribution is 2.23. The van der Waals surface area contributed by atoms with Crippen molar-refractivity contribution in [2.75, 3.05) is 6.61 Å². The number of hydrogen-bond acceptors (Lipinski definition) is 5. The molecule has 0 atom stereocenters. The van der Waals surface area contributed by atoms with E-state index in [1.807, 2.05) is 0 Å². The fourth-order valence-electron chi connectivity index (χ4n) is 2.24. The summed E-state index contributed by atoms with van der Waals surface area (Å²) in [6.45, 7) is 1.09. The van der Waals surface area contributed by atoms with E-state index in [1.165, 1.54) is 24.3 Å². The second-order valence-corrected chi connectivity index (χ2v) is 5.14. The summed E-state index contributed by atoms with van der Waals surface area (Å²) < 4.78 is 18.6. The molecule has 2 aromatic carbocycles. The number of fused-ring (bicyclic) bond motifs is 1. The van der Waals surface area contributed by atoms with Crippen LogP contribution in [0.3, 0.4) is 0 Å². The standard InChI is InChI=1S/C17H12FNO5/c1-10-6-7-13(18)14(8-10)23-9-15(20)24-19-16(21)11-4-2-3-5-12(11)17(19)22/h2-8H,9H2,1H3. The number of nitrogens with zero attached hydrogens (tertiary/aromatic N) is 1. The van der Waals surface area contributed by atoms with Crippen LogP contribution in [0, 0.1) is 12.7 Å². The zero-order valence-corrected chi connectivity index (χ0v) is 12.6. The number of rotatable bonds is 4. The fraction of sp³-hybridized carbons (Fsp3) is 0.118. The van der Waals surface area contributed by atoms with Gasteiger partial charge in [0.1, 0.15) is 0 Å². The van der Waals surface area contributed by atoms with Gasteiger partial charge in [-0.25, -0.2) is 9.18 Å². The van der Waals surface area contributed by atoms with E-state index in [1.54, 1.807) is 25.1 Å². The molecule has 3 rings (SSSR count). The van der Waals surface area contributed by atoms with Crippen molar-refractivity contribution in [2.24, 2.45) is 0 Å². The van der Waals surface area contributed by atoms with Gasteiger partial charge in [-0.05, 0) is 36.8 Å². The molecule has 7 heteroatoms. The Kier molecular flexibility index (Phi) is 3.99. The zero-order valence-electron chi connectivity index (χ0n) is 12.6. The van der Waals surface area contributed by atoms with Crippen LogP contribution in [0.25, 0.3) is 0 Å². The summed E-state index contributed by atoms with van der Waals surface area (Å²) in [6, 6.07) is 10.3. The molecular formula is C17H12FNO5. The number of halogens is 1. The fourth-order valence-corrected chi connectivity index (χ4v) is 2.24. The number of carbonyl (C=O) groups is 3. The van der Waals surface area contributed by atoms with Crippen molar-refractivity contribution in [3.05, 3.63) is 65.0 Å². The minimum atomic E-state index is -0.995. The van der Waals surface area contributed by atoms with Crippen molar-refractivity contribution >= 4 is 17.8 Å². The Morgan fingerprint density at radius 3 is 2.33 bits per heavy atom. The molecule has 6 nitrogen and oxygen atoms in total. The molecule has 0 fully saturated rings. The minimum Gasteiger partial charge on any atom is -0.479 e. The van der Waals surface area contributed by atoms with Gasteiger partial charge in [0.2, 0.25) is 0 Å². The molecule has 1 aliphatic heterocycles. The Balaban J connectivity index is 1.65. The van der Waals surface area contributed by atoms with Crippen molar-refractivity contribution in [2.45, 2.75) is 6.92 Å². The van der Waals surface area contributed by atoms with Crippen LogP contribution in [0.15, 0.2) is 42.5 Å². The van der Waals surface area contributed by atoms with Gasteiger partial charge in [0.25, 0.3) is 11.8 Å². The number of imide groups is 1. The number of amides is 2. The van der Waals surface area contributed by atoms with E-state index in [0.29, 0.717) is 5.06 Å². The molecule has 0 aliphatic carbocycles. The maximum Gasteiger partial charge on any atom is 0.370 e. The van der Waals surface area contributed by atoms with E-state index in [0.717, 1.165) is 5.56 Å². The van der Waals surface area contributed by atoms with Crippen LogP contribution in [0.5, 0.6) is 5.75 Å². The van der Waals surface area contributed by atoms with Crippen LogP contribution >= 0.6 is 0 Å². The van der Waals surface area contributed by atoms with Gasteiger partial charge in [-0.2, -0.15) is 0 Å². The Morgan fingerprint density at radius 1 is 1.08 bits per heavy atom. The Morgan fingerprint density at radius 2 is 1.71 bits per heavy atom. The van der Waals surface area contributed by atoms with Crippen LogP contribution in [0.1, 0.15) is 26.3 Å². The second kappa shape index (κ2) is 6.11. The Labute approximate surface area is 136 Å². The van der Waals surface area contributed by atoms with Gasteiger partial charge in [0.15, 0.2) is 18.2 Å². The maximum atomic E-state index is 13.5. The van der Waals surface area contributed by atoms with Gasteiger partial charge in [0.05, 0.1) is 11.1 Å². The maximum absolute atomic E-state index is 13.5. The lowest BCUT2D eigenvalue weighted by Gasteiger charge is -2.13. The average molecular weight is 329 g/mol. The number of ether oxygens (including phenoxy) is 1. The van der Waals surface area contributed by atoms with Crippen LogP contribution in [0.2, 0.25) is 0 Å². The molecule has 1 heterocycles. The third kappa shape index (κ3) is 2.83. The van der Waals surface area contributed by atoms with E-state index in [-0.39, 0.29) is 16.9 Å². The van der Waals surface area contributed by atoms with Crippen molar-refractivity contribution in [1.29, 1.82) is 0 Å². The molecule has 0 unspecified atom stereocenters. The van der Waals surface area contributed by atoms with Gasteiger partial charge in [-0.15, -0.1) is 0 Å². The van der Waals surface area contributed by atoms with Crippen LogP contribution in [-0.4, -0.2) is 29.5 Å². The number of hydroxylamine groups is 2. The molecule has 2 amide bonds. The van der Waals surface area contributed by atoms with Gasteiger partial charge < -0.3 is 9.57 Å². The van der Waals surface area contributed by atoms with Crippen LogP contribution < -0.4 is 4.74 Å². The number of aryl methyl sites for hydroxylation is 1. The predicted molar refractivity (Wildman–Crippen MR) is 79.7 cm³/mol. The lowest BCUT2D eigenvalue weighted by molar-refractivity contribution is -0.170. The number of hydrogen-bond donors (Lipinski definition) is 0. The monoisotopic (exact) mass is 329 g/mol. The summed E-state index contributed by atoms with van der Waals surface area (Å²) in [6.07, 6.45) is 0. The topological polar surface area (TPSA) is 72.9 Å². The summed E-state index contributed by atoms with van der Waals surface area (Å²) in [4.78, 5) is 40.6. The molecule has 0 saturated heterocycles. The highest BCUT2D eigenvalue weighted by atomic mass is 19.1. The molecular weight excluding hydrogens is 317 g/mol. The first kappa shape index (κ1) is 15.7. The molecule has 0 radical (unpaired) electrons. The Bertz CT molecular complexity index is 814. The van der Waals surface area contributed by atoms with Gasteiger partial charge in [0, 0.05) is 0 Å².